The van der Waals surface area contributed by atoms with E-state index < -0.39 is 16.1 Å². The Morgan fingerprint density at radius 2 is 1.57 bits per heavy atom. The molecule has 1 unspecified atom stereocenters. The summed E-state index contributed by atoms with van der Waals surface area (Å²) < 4.78 is 31.7. The molecule has 3 aromatic rings. The number of hydrogen-bond acceptors (Lipinski definition) is 5. The standard InChI is InChI=1S/C28H31N3O5S/c1-30(2)37(34,35)23-15-12-22(13-16-23)14-17-27(32)31-20-26(36-25-11-7-6-10-24(25)31)28(33)29-19-18-21-8-4-3-5-9-21/h3-13,15-16,26H,14,17-20H2,1-2H3,(H,29,33). The molecule has 0 saturated carbocycles. The third-order valence-electron chi connectivity index (χ3n) is 6.25. The van der Waals surface area contributed by atoms with Gasteiger partial charge in [-0.1, -0.05) is 54.6 Å². The van der Waals surface area contributed by atoms with Crippen molar-refractivity contribution in [3.05, 3.63) is 90.0 Å². The van der Waals surface area contributed by atoms with Gasteiger partial charge in [-0.05, 0) is 48.2 Å². The minimum atomic E-state index is -3.51. The van der Waals surface area contributed by atoms with Crippen LogP contribution in [0.1, 0.15) is 17.5 Å². The molecule has 3 aromatic carbocycles. The van der Waals surface area contributed by atoms with Crippen LogP contribution < -0.4 is 15.0 Å². The smallest absolute Gasteiger partial charge is 0.262 e. The van der Waals surface area contributed by atoms with Crippen LogP contribution in [-0.2, 0) is 32.5 Å². The summed E-state index contributed by atoms with van der Waals surface area (Å²) in [4.78, 5) is 27.9. The molecule has 0 fully saturated rings. The maximum absolute atomic E-state index is 13.3. The SMILES string of the molecule is CN(C)S(=O)(=O)c1ccc(CCC(=O)N2CC(C(=O)NCCc3ccccc3)Oc3ccccc32)cc1. The molecule has 1 N–H and O–H groups in total. The van der Waals surface area contributed by atoms with Gasteiger partial charge in [0, 0.05) is 27.1 Å². The van der Waals surface area contributed by atoms with Gasteiger partial charge in [0.25, 0.3) is 5.91 Å². The molecule has 8 nitrogen and oxygen atoms in total. The molecule has 37 heavy (non-hydrogen) atoms. The number of para-hydroxylation sites is 2. The average molecular weight is 522 g/mol. The number of nitrogens with zero attached hydrogens (tertiary/aromatic N) is 2. The van der Waals surface area contributed by atoms with Gasteiger partial charge >= 0.3 is 0 Å². The van der Waals surface area contributed by atoms with Crippen LogP contribution in [0.2, 0.25) is 0 Å². The van der Waals surface area contributed by atoms with Gasteiger partial charge in [-0.15, -0.1) is 0 Å². The highest BCUT2D eigenvalue weighted by Gasteiger charge is 2.33. The van der Waals surface area contributed by atoms with Crippen molar-refractivity contribution < 1.29 is 22.7 Å². The number of fused-ring (bicyclic) bond motifs is 1. The number of amides is 2. The van der Waals surface area contributed by atoms with Crippen molar-refractivity contribution in [1.29, 1.82) is 0 Å². The van der Waals surface area contributed by atoms with Crippen molar-refractivity contribution in [1.82, 2.24) is 9.62 Å². The number of anilines is 1. The Morgan fingerprint density at radius 3 is 2.27 bits per heavy atom. The average Bonchev–Trinajstić information content (AvgIpc) is 2.91. The molecule has 194 valence electrons. The Balaban J connectivity index is 1.39. The summed E-state index contributed by atoms with van der Waals surface area (Å²) in [5, 5.41) is 2.92. The number of hydrogen-bond donors (Lipinski definition) is 1. The van der Waals surface area contributed by atoms with E-state index in [-0.39, 0.29) is 29.7 Å². The first-order valence-corrected chi connectivity index (χ1v) is 13.6. The van der Waals surface area contributed by atoms with E-state index in [9.17, 15) is 18.0 Å². The molecule has 0 radical (unpaired) electrons. The van der Waals surface area contributed by atoms with E-state index in [1.807, 2.05) is 36.4 Å². The normalized spacial score (nSPS) is 15.1. The van der Waals surface area contributed by atoms with E-state index in [2.05, 4.69) is 5.32 Å². The zero-order valence-electron chi connectivity index (χ0n) is 21.0. The lowest BCUT2D eigenvalue weighted by Crippen LogP contribution is -2.51. The van der Waals surface area contributed by atoms with Crippen LogP contribution in [0.5, 0.6) is 5.75 Å². The second kappa shape index (κ2) is 11.6. The van der Waals surface area contributed by atoms with Crippen LogP contribution >= 0.6 is 0 Å². The summed E-state index contributed by atoms with van der Waals surface area (Å²) in [6, 6.07) is 23.6. The zero-order valence-corrected chi connectivity index (χ0v) is 21.8. The molecule has 0 aliphatic carbocycles. The van der Waals surface area contributed by atoms with Gasteiger partial charge in [0.2, 0.25) is 15.9 Å². The summed E-state index contributed by atoms with van der Waals surface area (Å²) in [6.07, 6.45) is 0.531. The topological polar surface area (TPSA) is 96.0 Å². The molecule has 1 aliphatic rings. The van der Waals surface area contributed by atoms with Gasteiger partial charge in [0.15, 0.2) is 6.10 Å². The van der Waals surface area contributed by atoms with E-state index >= 15 is 0 Å². The summed E-state index contributed by atoms with van der Waals surface area (Å²) in [6.45, 7) is 0.588. The highest BCUT2D eigenvalue weighted by molar-refractivity contribution is 7.89. The van der Waals surface area contributed by atoms with Crippen LogP contribution in [0, 0.1) is 0 Å². The molecular weight excluding hydrogens is 490 g/mol. The summed E-state index contributed by atoms with van der Waals surface area (Å²) in [7, 11) is -0.536. The monoisotopic (exact) mass is 521 g/mol. The molecular formula is C28H31N3O5S. The number of nitrogens with one attached hydrogen (secondary N) is 1. The van der Waals surface area contributed by atoms with E-state index in [1.54, 1.807) is 47.4 Å². The lowest BCUT2D eigenvalue weighted by molar-refractivity contribution is -0.128. The molecule has 0 saturated heterocycles. The molecule has 0 aromatic heterocycles. The van der Waals surface area contributed by atoms with Crippen LogP contribution in [0.25, 0.3) is 0 Å². The molecule has 1 heterocycles. The number of carbonyl (C=O) groups excluding carboxylic acids is 2. The predicted molar refractivity (Wildman–Crippen MR) is 142 cm³/mol. The number of benzene rings is 3. The number of aryl methyl sites for hydroxylation is 1. The third-order valence-corrected chi connectivity index (χ3v) is 8.08. The van der Waals surface area contributed by atoms with Gasteiger partial charge in [-0.25, -0.2) is 12.7 Å². The van der Waals surface area contributed by atoms with Crippen molar-refractivity contribution >= 4 is 27.5 Å². The molecule has 0 bridgehead atoms. The van der Waals surface area contributed by atoms with Crippen molar-refractivity contribution in [3.8, 4) is 5.75 Å². The largest absolute Gasteiger partial charge is 0.477 e. The molecule has 0 spiro atoms. The first-order chi connectivity index (χ1) is 17.8. The maximum Gasteiger partial charge on any atom is 0.262 e. The van der Waals surface area contributed by atoms with Crippen LogP contribution in [0.3, 0.4) is 0 Å². The highest BCUT2D eigenvalue weighted by Crippen LogP contribution is 2.33. The fourth-order valence-electron chi connectivity index (χ4n) is 4.12. The van der Waals surface area contributed by atoms with E-state index in [4.69, 9.17) is 4.74 Å². The van der Waals surface area contributed by atoms with E-state index in [0.717, 1.165) is 15.4 Å². The second-order valence-corrected chi connectivity index (χ2v) is 11.2. The van der Waals surface area contributed by atoms with E-state index in [1.165, 1.54) is 14.1 Å². The number of sulfonamides is 1. The van der Waals surface area contributed by atoms with Crippen molar-refractivity contribution in [2.45, 2.75) is 30.3 Å². The Bertz CT molecular complexity index is 1340. The second-order valence-electron chi connectivity index (χ2n) is 9.04. The van der Waals surface area contributed by atoms with Crippen molar-refractivity contribution in [2.75, 3.05) is 32.1 Å². The lowest BCUT2D eigenvalue weighted by atomic mass is 10.1. The van der Waals surface area contributed by atoms with Gasteiger partial charge < -0.3 is 15.0 Å². The minimum absolute atomic E-state index is 0.118. The molecule has 1 atom stereocenters. The Kier molecular flexibility index (Phi) is 8.25. The molecule has 2 amide bonds. The number of rotatable bonds is 9. The fourth-order valence-corrected chi connectivity index (χ4v) is 5.02. The highest BCUT2D eigenvalue weighted by atomic mass is 32.2. The van der Waals surface area contributed by atoms with Crippen LogP contribution in [-0.4, -0.2) is 57.8 Å². The molecule has 9 heteroatoms. The van der Waals surface area contributed by atoms with Crippen molar-refractivity contribution in [2.24, 2.45) is 0 Å². The maximum atomic E-state index is 13.3. The summed E-state index contributed by atoms with van der Waals surface area (Å²) in [5.74, 6) is 0.0901. The first kappa shape index (κ1) is 26.4. The van der Waals surface area contributed by atoms with Gasteiger partial charge in [-0.3, -0.25) is 9.59 Å². The molecule has 1 aliphatic heterocycles. The number of ether oxygens (including phenoxy) is 1. The quantitative estimate of drug-likeness (QED) is 0.467. The van der Waals surface area contributed by atoms with Gasteiger partial charge in [0.05, 0.1) is 17.1 Å². The van der Waals surface area contributed by atoms with E-state index in [0.29, 0.717) is 30.8 Å². The number of carbonyl (C=O) groups is 2. The molecule has 4 rings (SSSR count). The fraction of sp³-hybridized carbons (Fsp3) is 0.286. The lowest BCUT2D eigenvalue weighted by Gasteiger charge is -2.34. The third kappa shape index (κ3) is 6.36. The zero-order chi connectivity index (χ0) is 26.4. The van der Waals surface area contributed by atoms with Crippen LogP contribution in [0.4, 0.5) is 5.69 Å². The minimum Gasteiger partial charge on any atom is -0.477 e. The van der Waals surface area contributed by atoms with Crippen molar-refractivity contribution in [3.63, 3.8) is 0 Å². The Labute approximate surface area is 217 Å². The summed E-state index contributed by atoms with van der Waals surface area (Å²) >= 11 is 0. The Morgan fingerprint density at radius 1 is 0.919 bits per heavy atom. The van der Waals surface area contributed by atoms with Crippen LogP contribution in [0.15, 0.2) is 83.8 Å². The predicted octanol–water partition coefficient (Wildman–Crippen LogP) is 3.02. The van der Waals surface area contributed by atoms with Gasteiger partial charge in [0.1, 0.15) is 5.75 Å². The summed E-state index contributed by atoms with van der Waals surface area (Å²) in [5.41, 5.74) is 2.61. The Hall–Kier alpha value is -3.69. The first-order valence-electron chi connectivity index (χ1n) is 12.1. The van der Waals surface area contributed by atoms with Gasteiger partial charge in [-0.2, -0.15) is 0 Å².